The molecule has 0 atom stereocenters. The molecule has 24 heavy (non-hydrogen) atoms. The standard InChI is InChI=1S/C19H27FO4/c1-2-3-4-5-10-15-23-18(21)13-8-9-14-19(22)24-17-12-7-6-11-16(17)20/h6-7,11-12H,2-5,8-10,13-15H2,1H3. The van der Waals surface area contributed by atoms with Crippen LogP contribution in [-0.4, -0.2) is 18.5 Å². The Morgan fingerprint density at radius 1 is 0.917 bits per heavy atom. The van der Waals surface area contributed by atoms with Crippen molar-refractivity contribution in [2.45, 2.75) is 64.7 Å². The Labute approximate surface area is 143 Å². The maximum atomic E-state index is 13.3. The van der Waals surface area contributed by atoms with E-state index in [4.69, 9.17) is 9.47 Å². The van der Waals surface area contributed by atoms with Crippen molar-refractivity contribution in [2.75, 3.05) is 6.61 Å². The van der Waals surface area contributed by atoms with Gasteiger partial charge in [0.1, 0.15) is 0 Å². The molecule has 0 fully saturated rings. The lowest BCUT2D eigenvalue weighted by Crippen LogP contribution is -2.10. The Bertz CT molecular complexity index is 502. The lowest BCUT2D eigenvalue weighted by atomic mass is 10.2. The van der Waals surface area contributed by atoms with Gasteiger partial charge in [-0.05, 0) is 31.4 Å². The zero-order chi connectivity index (χ0) is 17.6. The van der Waals surface area contributed by atoms with Gasteiger partial charge in [-0.3, -0.25) is 9.59 Å². The Balaban J connectivity index is 2.03. The molecule has 0 bridgehead atoms. The monoisotopic (exact) mass is 338 g/mol. The average molecular weight is 338 g/mol. The Hall–Kier alpha value is -1.91. The summed E-state index contributed by atoms with van der Waals surface area (Å²) in [5.74, 6) is -1.35. The predicted octanol–water partition coefficient (Wildman–Crippen LogP) is 4.81. The molecule has 1 rings (SSSR count). The molecular weight excluding hydrogens is 311 g/mol. The van der Waals surface area contributed by atoms with Gasteiger partial charge in [-0.1, -0.05) is 44.7 Å². The fraction of sp³-hybridized carbons (Fsp3) is 0.579. The van der Waals surface area contributed by atoms with Crippen LogP contribution in [0.25, 0.3) is 0 Å². The highest BCUT2D eigenvalue weighted by atomic mass is 19.1. The van der Waals surface area contributed by atoms with Crippen LogP contribution in [0.1, 0.15) is 64.7 Å². The number of rotatable bonds is 12. The van der Waals surface area contributed by atoms with Gasteiger partial charge >= 0.3 is 11.9 Å². The largest absolute Gasteiger partial charge is 0.466 e. The molecule has 0 aliphatic heterocycles. The molecule has 0 amide bonds. The van der Waals surface area contributed by atoms with Gasteiger partial charge in [0, 0.05) is 12.8 Å². The second-order valence-electron chi connectivity index (χ2n) is 5.75. The van der Waals surface area contributed by atoms with E-state index in [-0.39, 0.29) is 18.1 Å². The zero-order valence-corrected chi connectivity index (χ0v) is 14.4. The fourth-order valence-electron chi connectivity index (χ4n) is 2.20. The summed E-state index contributed by atoms with van der Waals surface area (Å²) in [4.78, 5) is 23.1. The molecule has 0 saturated carbocycles. The molecule has 0 spiro atoms. The molecule has 0 N–H and O–H groups in total. The molecule has 4 nitrogen and oxygen atoms in total. The van der Waals surface area contributed by atoms with Crippen LogP contribution in [0, 0.1) is 5.82 Å². The maximum Gasteiger partial charge on any atom is 0.311 e. The third kappa shape index (κ3) is 9.28. The molecule has 0 saturated heterocycles. The minimum Gasteiger partial charge on any atom is -0.466 e. The summed E-state index contributed by atoms with van der Waals surface area (Å²) in [5.41, 5.74) is 0. The van der Waals surface area contributed by atoms with E-state index >= 15 is 0 Å². The number of hydrogen-bond donors (Lipinski definition) is 0. The highest BCUT2D eigenvalue weighted by Gasteiger charge is 2.09. The molecule has 0 aliphatic carbocycles. The van der Waals surface area contributed by atoms with Crippen molar-refractivity contribution >= 4 is 11.9 Å². The molecule has 134 valence electrons. The first-order valence-electron chi connectivity index (χ1n) is 8.74. The van der Waals surface area contributed by atoms with E-state index in [1.165, 1.54) is 37.5 Å². The smallest absolute Gasteiger partial charge is 0.311 e. The Morgan fingerprint density at radius 2 is 1.58 bits per heavy atom. The minimum atomic E-state index is -0.562. The Morgan fingerprint density at radius 3 is 2.29 bits per heavy atom. The van der Waals surface area contributed by atoms with Crippen LogP contribution >= 0.6 is 0 Å². The molecule has 1 aromatic rings. The highest BCUT2D eigenvalue weighted by Crippen LogP contribution is 2.16. The minimum absolute atomic E-state index is 0.0648. The van der Waals surface area contributed by atoms with Crippen molar-refractivity contribution < 1.29 is 23.5 Å². The molecule has 1 aromatic carbocycles. The lowest BCUT2D eigenvalue weighted by Gasteiger charge is -2.06. The van der Waals surface area contributed by atoms with Gasteiger partial charge in [-0.2, -0.15) is 0 Å². The number of benzene rings is 1. The van der Waals surface area contributed by atoms with Crippen LogP contribution in [0.5, 0.6) is 5.75 Å². The number of para-hydroxylation sites is 1. The van der Waals surface area contributed by atoms with Crippen molar-refractivity contribution in [2.24, 2.45) is 0 Å². The summed E-state index contributed by atoms with van der Waals surface area (Å²) < 4.78 is 23.4. The number of unbranched alkanes of at least 4 members (excludes halogenated alkanes) is 5. The van der Waals surface area contributed by atoms with Gasteiger partial charge in [-0.15, -0.1) is 0 Å². The topological polar surface area (TPSA) is 52.6 Å². The third-order valence-corrected chi connectivity index (χ3v) is 3.58. The summed E-state index contributed by atoms with van der Waals surface area (Å²) in [6.45, 7) is 2.63. The Kier molecular flexibility index (Phi) is 10.5. The maximum absolute atomic E-state index is 13.3. The van der Waals surface area contributed by atoms with Gasteiger partial charge in [0.05, 0.1) is 6.61 Å². The van der Waals surface area contributed by atoms with Crippen LogP contribution < -0.4 is 4.74 Å². The van der Waals surface area contributed by atoms with E-state index in [9.17, 15) is 14.0 Å². The van der Waals surface area contributed by atoms with Crippen LogP contribution in [0.4, 0.5) is 4.39 Å². The van der Waals surface area contributed by atoms with Crippen molar-refractivity contribution in [1.29, 1.82) is 0 Å². The fourth-order valence-corrected chi connectivity index (χ4v) is 2.20. The predicted molar refractivity (Wildman–Crippen MR) is 90.2 cm³/mol. The number of halogens is 1. The van der Waals surface area contributed by atoms with Gasteiger partial charge in [-0.25, -0.2) is 4.39 Å². The van der Waals surface area contributed by atoms with Gasteiger partial charge in [0.2, 0.25) is 0 Å². The zero-order valence-electron chi connectivity index (χ0n) is 14.4. The normalized spacial score (nSPS) is 10.4. The van der Waals surface area contributed by atoms with Crippen molar-refractivity contribution in [3.63, 3.8) is 0 Å². The van der Waals surface area contributed by atoms with Crippen LogP contribution in [0.3, 0.4) is 0 Å². The summed E-state index contributed by atoms with van der Waals surface area (Å²) in [7, 11) is 0. The molecule has 0 aromatic heterocycles. The summed E-state index contributed by atoms with van der Waals surface area (Å²) in [5, 5.41) is 0. The molecule has 0 unspecified atom stereocenters. The number of ether oxygens (including phenoxy) is 2. The average Bonchev–Trinajstić information content (AvgIpc) is 2.57. The van der Waals surface area contributed by atoms with Crippen LogP contribution in [0.2, 0.25) is 0 Å². The van der Waals surface area contributed by atoms with Gasteiger partial charge in [0.15, 0.2) is 11.6 Å². The van der Waals surface area contributed by atoms with Crippen molar-refractivity contribution in [3.05, 3.63) is 30.1 Å². The molecular formula is C19H27FO4. The SMILES string of the molecule is CCCCCCCOC(=O)CCCCC(=O)Oc1ccccc1F. The third-order valence-electron chi connectivity index (χ3n) is 3.58. The van der Waals surface area contributed by atoms with E-state index in [0.29, 0.717) is 25.9 Å². The van der Waals surface area contributed by atoms with Gasteiger partial charge in [0.25, 0.3) is 0 Å². The number of esters is 2. The highest BCUT2D eigenvalue weighted by molar-refractivity contribution is 5.72. The number of carbonyl (C=O) groups is 2. The van der Waals surface area contributed by atoms with Crippen LogP contribution in [0.15, 0.2) is 24.3 Å². The molecule has 5 heteroatoms. The first kappa shape index (κ1) is 20.1. The summed E-state index contributed by atoms with van der Waals surface area (Å²) in [6, 6.07) is 5.78. The number of hydrogen-bond acceptors (Lipinski definition) is 4. The molecule has 0 radical (unpaired) electrons. The van der Waals surface area contributed by atoms with Crippen molar-refractivity contribution in [1.82, 2.24) is 0 Å². The quantitative estimate of drug-likeness (QED) is 0.312. The second-order valence-corrected chi connectivity index (χ2v) is 5.75. The first-order valence-corrected chi connectivity index (χ1v) is 8.74. The number of carbonyl (C=O) groups excluding carboxylic acids is 2. The molecule has 0 heterocycles. The van der Waals surface area contributed by atoms with Gasteiger partial charge < -0.3 is 9.47 Å². The molecule has 0 aliphatic rings. The lowest BCUT2D eigenvalue weighted by molar-refractivity contribution is -0.144. The van der Waals surface area contributed by atoms with E-state index in [0.717, 1.165) is 12.8 Å². The first-order chi connectivity index (χ1) is 11.6. The van der Waals surface area contributed by atoms with E-state index in [1.54, 1.807) is 6.07 Å². The summed E-state index contributed by atoms with van der Waals surface area (Å²) in [6.07, 6.45) is 7.10. The van der Waals surface area contributed by atoms with E-state index in [1.807, 2.05) is 0 Å². The van der Waals surface area contributed by atoms with E-state index in [2.05, 4.69) is 6.92 Å². The van der Waals surface area contributed by atoms with Crippen LogP contribution in [-0.2, 0) is 14.3 Å². The van der Waals surface area contributed by atoms with E-state index < -0.39 is 11.8 Å². The second kappa shape index (κ2) is 12.5. The van der Waals surface area contributed by atoms with Crippen molar-refractivity contribution in [3.8, 4) is 5.75 Å². The summed E-state index contributed by atoms with van der Waals surface area (Å²) >= 11 is 0.